The fourth-order valence-corrected chi connectivity index (χ4v) is 5.30. The van der Waals surface area contributed by atoms with Crippen molar-refractivity contribution >= 4 is 28.7 Å². The van der Waals surface area contributed by atoms with Gasteiger partial charge in [-0.3, -0.25) is 0 Å². The number of rotatable bonds is 11. The van der Waals surface area contributed by atoms with E-state index in [1.807, 2.05) is 0 Å². The molecule has 2 aromatic heterocycles. The smallest absolute Gasteiger partial charge is 0.211 e. The van der Waals surface area contributed by atoms with Crippen LogP contribution in [-0.4, -0.2) is 79.9 Å². The maximum Gasteiger partial charge on any atom is 0.211 e. The highest BCUT2D eigenvalue weighted by atomic mass is 32.2. The number of aliphatic hydroxyl groups excluding tert-OH is 2. The van der Waals surface area contributed by atoms with Crippen molar-refractivity contribution in [3.8, 4) is 0 Å². The van der Waals surface area contributed by atoms with Gasteiger partial charge in [0, 0.05) is 30.7 Å². The second-order valence-corrected chi connectivity index (χ2v) is 10.2. The van der Waals surface area contributed by atoms with Gasteiger partial charge in [-0.15, -0.1) is 5.10 Å². The fourth-order valence-electron chi connectivity index (χ4n) is 4.61. The molecule has 2 heterocycles. The normalized spacial score (nSPS) is 28.0. The number of nitrogens with one attached hydrogen (secondary N) is 1. The van der Waals surface area contributed by atoms with E-state index in [0.717, 1.165) is 24.7 Å². The van der Waals surface area contributed by atoms with Gasteiger partial charge in [-0.1, -0.05) is 30.0 Å². The number of fused-ring (bicyclic) bond motifs is 1. The summed E-state index contributed by atoms with van der Waals surface area (Å²) in [6.07, 6.45) is -0.466. The van der Waals surface area contributed by atoms with Gasteiger partial charge in [-0.05, 0) is 30.5 Å². The molecule has 13 heteroatoms. The standard InChI is InChI=1S/C23H29F2N7O3S/c1-2-7-36-23-28-21(27-15-9-12(15)11-3-4-13(24)14(25)8-11)18-22(29-23)32(31-30-18)16-10-17(35-6-5-26)20(34)19(16)33/h3-4,8,12,15-17,19-20,33-34H,2,5-7,9-10,26H2,1H3,(H,27,28,29)/t12-,15+,16+,17-,19-,20+/m0/s1/i34D. The van der Waals surface area contributed by atoms with E-state index >= 15 is 0 Å². The van der Waals surface area contributed by atoms with Crippen molar-refractivity contribution in [1.29, 1.82) is 1.43 Å². The lowest BCUT2D eigenvalue weighted by atomic mass is 10.1. The molecule has 3 aromatic rings. The zero-order valence-electron chi connectivity index (χ0n) is 20.7. The van der Waals surface area contributed by atoms with Crippen molar-refractivity contribution in [2.45, 2.75) is 67.7 Å². The summed E-state index contributed by atoms with van der Waals surface area (Å²) in [5, 5.41) is 28.2. The number of anilines is 1. The van der Waals surface area contributed by atoms with E-state index in [0.29, 0.717) is 40.7 Å². The molecule has 2 saturated carbocycles. The molecule has 2 fully saturated rings. The zero-order valence-corrected chi connectivity index (χ0v) is 20.5. The molecule has 6 atom stereocenters. The minimum atomic E-state index is -1.07. The van der Waals surface area contributed by atoms with Crippen LogP contribution >= 0.6 is 11.8 Å². The molecule has 0 unspecified atom stereocenters. The molecule has 5 N–H and O–H groups in total. The first-order valence-electron chi connectivity index (χ1n) is 12.4. The summed E-state index contributed by atoms with van der Waals surface area (Å²) >= 11 is 1.49. The SMILES string of the molecule is [2H]O[C@H]1[C@@H](O)[C@H](n2nnc3c(N[C@@H]4C[C@H]4c4ccc(F)c(F)c4)nc(SCCC)nc32)C[C@@H]1OCCN. The first-order chi connectivity index (χ1) is 17.9. The Kier molecular flexibility index (Phi) is 6.98. The van der Waals surface area contributed by atoms with Gasteiger partial charge in [0.1, 0.15) is 12.2 Å². The van der Waals surface area contributed by atoms with Crippen molar-refractivity contribution in [2.75, 3.05) is 24.2 Å². The molecular formula is C23H29F2N7O3S. The lowest BCUT2D eigenvalue weighted by Crippen LogP contribution is -2.33. The van der Waals surface area contributed by atoms with Gasteiger partial charge in [0.15, 0.2) is 33.8 Å². The van der Waals surface area contributed by atoms with Crippen LogP contribution in [0.2, 0.25) is 0 Å². The van der Waals surface area contributed by atoms with Crippen LogP contribution in [0.25, 0.3) is 11.2 Å². The number of ether oxygens (including phenoxy) is 1. The fraction of sp³-hybridized carbons (Fsp3) is 0.565. The summed E-state index contributed by atoms with van der Waals surface area (Å²) in [6.45, 7) is 2.64. The van der Waals surface area contributed by atoms with E-state index in [2.05, 4.69) is 32.5 Å². The molecule has 1 aromatic carbocycles. The maximum atomic E-state index is 13.7. The number of thioether (sulfide) groups is 1. The molecule has 0 spiro atoms. The molecule has 0 bridgehead atoms. The monoisotopic (exact) mass is 522 g/mol. The average molecular weight is 523 g/mol. The third-order valence-electron chi connectivity index (χ3n) is 6.56. The number of hydrogen-bond donors (Lipinski definition) is 4. The summed E-state index contributed by atoms with van der Waals surface area (Å²) in [5.41, 5.74) is 7.13. The van der Waals surface area contributed by atoms with Crippen LogP contribution in [0, 0.1) is 11.6 Å². The van der Waals surface area contributed by atoms with Crippen LogP contribution in [0.1, 0.15) is 43.7 Å². The molecule has 0 saturated heterocycles. The molecule has 5 rings (SSSR count). The number of nitrogens with zero attached hydrogens (tertiary/aromatic N) is 5. The van der Waals surface area contributed by atoms with Crippen LogP contribution < -0.4 is 11.1 Å². The molecule has 2 aliphatic carbocycles. The Morgan fingerprint density at radius 1 is 1.28 bits per heavy atom. The molecule has 0 aliphatic heterocycles. The van der Waals surface area contributed by atoms with Crippen molar-refractivity contribution in [2.24, 2.45) is 5.73 Å². The highest BCUT2D eigenvalue weighted by Crippen LogP contribution is 2.44. The summed E-state index contributed by atoms with van der Waals surface area (Å²) < 4.78 is 41.8. The minimum absolute atomic E-state index is 0.00831. The van der Waals surface area contributed by atoms with Crippen LogP contribution in [0.5, 0.6) is 0 Å². The van der Waals surface area contributed by atoms with Crippen molar-refractivity contribution in [3.63, 3.8) is 0 Å². The first-order valence-corrected chi connectivity index (χ1v) is 13.0. The van der Waals surface area contributed by atoms with Crippen molar-refractivity contribution in [1.82, 2.24) is 25.0 Å². The van der Waals surface area contributed by atoms with Gasteiger partial charge in [0.2, 0.25) is 1.43 Å². The van der Waals surface area contributed by atoms with Crippen LogP contribution in [0.4, 0.5) is 14.6 Å². The molecule has 0 amide bonds. The predicted molar refractivity (Wildman–Crippen MR) is 130 cm³/mol. The third-order valence-corrected chi connectivity index (χ3v) is 7.61. The van der Waals surface area contributed by atoms with Gasteiger partial charge in [0.25, 0.3) is 0 Å². The molecule has 0 radical (unpaired) electrons. The number of aliphatic hydroxyl groups is 2. The van der Waals surface area contributed by atoms with Gasteiger partial charge < -0.3 is 26.0 Å². The second-order valence-electron chi connectivity index (χ2n) is 9.13. The summed E-state index contributed by atoms with van der Waals surface area (Å²) in [5.74, 6) is -0.435. The Bertz CT molecular complexity index is 1250. The quantitative estimate of drug-likeness (QED) is 0.218. The van der Waals surface area contributed by atoms with Crippen molar-refractivity contribution in [3.05, 3.63) is 35.4 Å². The number of benzene rings is 1. The number of hydrogen-bond acceptors (Lipinski definition) is 10. The predicted octanol–water partition coefficient (Wildman–Crippen LogP) is 1.98. The Hall–Kier alpha value is -2.45. The average Bonchev–Trinajstić information content (AvgIpc) is 3.41. The summed E-state index contributed by atoms with van der Waals surface area (Å²) in [4.78, 5) is 9.33. The van der Waals surface area contributed by atoms with Gasteiger partial charge in [0.05, 0.1) is 18.8 Å². The van der Waals surface area contributed by atoms with E-state index in [-0.39, 0.29) is 18.6 Å². The molecule has 2 aliphatic rings. The van der Waals surface area contributed by atoms with Gasteiger partial charge in [-0.2, -0.15) is 0 Å². The molecule has 194 valence electrons. The Labute approximate surface area is 212 Å². The van der Waals surface area contributed by atoms with Crippen LogP contribution in [0.15, 0.2) is 23.4 Å². The zero-order chi connectivity index (χ0) is 26.1. The van der Waals surface area contributed by atoms with E-state index < -0.39 is 36.0 Å². The largest absolute Gasteiger partial charge is 0.388 e. The van der Waals surface area contributed by atoms with Crippen LogP contribution in [0.3, 0.4) is 0 Å². The Balaban J connectivity index is 1.43. The van der Waals surface area contributed by atoms with E-state index in [9.17, 15) is 13.9 Å². The Morgan fingerprint density at radius 2 is 2.14 bits per heavy atom. The molecule has 10 nitrogen and oxygen atoms in total. The van der Waals surface area contributed by atoms with Gasteiger partial charge in [-0.25, -0.2) is 23.4 Å². The van der Waals surface area contributed by atoms with Crippen LogP contribution in [-0.2, 0) is 4.74 Å². The molecule has 36 heavy (non-hydrogen) atoms. The first kappa shape index (κ1) is 23.9. The Morgan fingerprint density at radius 3 is 2.89 bits per heavy atom. The highest BCUT2D eigenvalue weighted by Gasteiger charge is 2.45. The summed E-state index contributed by atoms with van der Waals surface area (Å²) in [6, 6.07) is 3.34. The minimum Gasteiger partial charge on any atom is -0.388 e. The third kappa shape index (κ3) is 4.90. The summed E-state index contributed by atoms with van der Waals surface area (Å²) in [7, 11) is 0. The van der Waals surface area contributed by atoms with E-state index in [4.69, 9.17) is 17.0 Å². The second kappa shape index (κ2) is 10.5. The molecular weight excluding hydrogens is 492 g/mol. The number of nitrogens with two attached hydrogens (primary N) is 1. The maximum absolute atomic E-state index is 13.7. The lowest BCUT2D eigenvalue weighted by Gasteiger charge is -2.17. The topological polar surface area (TPSA) is 144 Å². The lowest BCUT2D eigenvalue weighted by molar-refractivity contribution is -0.0546. The number of aromatic nitrogens is 5. The highest BCUT2D eigenvalue weighted by molar-refractivity contribution is 7.99. The van der Waals surface area contributed by atoms with E-state index in [1.165, 1.54) is 17.8 Å². The van der Waals surface area contributed by atoms with Crippen molar-refractivity contribution < 1.29 is 23.7 Å². The van der Waals surface area contributed by atoms with Gasteiger partial charge >= 0.3 is 0 Å². The van der Waals surface area contributed by atoms with E-state index in [1.54, 1.807) is 10.7 Å². The number of halogens is 2.